The zero-order valence-electron chi connectivity index (χ0n) is 28.6. The van der Waals surface area contributed by atoms with Crippen LogP contribution in [-0.4, -0.2) is 53.4 Å². The highest BCUT2D eigenvalue weighted by molar-refractivity contribution is 5.97. The lowest BCUT2D eigenvalue weighted by Crippen LogP contribution is -2.40. The number of ether oxygens (including phenoxy) is 3. The average Bonchev–Trinajstić information content (AvgIpc) is 3.89. The van der Waals surface area contributed by atoms with Gasteiger partial charge in [-0.1, -0.05) is 39.0 Å². The van der Waals surface area contributed by atoms with Crippen LogP contribution in [0.25, 0.3) is 22.3 Å². The molecule has 1 N–H and O–H groups in total. The fraction of sp³-hybridized carbons (Fsp3) is 0.436. The molecule has 0 spiro atoms. The number of hydrogen-bond acceptors (Lipinski definition) is 7. The van der Waals surface area contributed by atoms with Gasteiger partial charge in [-0.3, -0.25) is 14.4 Å². The molecule has 2 fully saturated rings. The van der Waals surface area contributed by atoms with Crippen molar-refractivity contribution < 1.29 is 23.8 Å². The molecule has 9 heteroatoms. The van der Waals surface area contributed by atoms with Gasteiger partial charge in [-0.05, 0) is 91.5 Å². The van der Waals surface area contributed by atoms with E-state index in [1.54, 1.807) is 13.2 Å². The Labute approximate surface area is 281 Å². The number of methoxy groups -OCH3 is 1. The van der Waals surface area contributed by atoms with Gasteiger partial charge in [0, 0.05) is 30.8 Å². The lowest BCUT2D eigenvalue weighted by Gasteiger charge is -2.35. The van der Waals surface area contributed by atoms with Gasteiger partial charge < -0.3 is 24.1 Å². The standard InChI is InChI=1S/C39H45N3O6/c1-24(43)29-18-31-30(27-8-7-17-42(21-27)35(44)20-39(2,3)4)19-32(40-37(31)41-38(29)45)36-33(47-22-25-11-12-25)9-6-10-34(36)48-23-26-13-15-28(46-5)16-14-26/h6,9-10,13-16,18-19,25,27H,7-8,11-12,17,20-23H2,1-5H3,(H,40,41,45). The molecule has 48 heavy (non-hydrogen) atoms. The summed E-state index contributed by atoms with van der Waals surface area (Å²) in [5.74, 6) is 2.35. The van der Waals surface area contributed by atoms with Crippen molar-refractivity contribution in [3.63, 3.8) is 0 Å². The minimum atomic E-state index is -0.481. The van der Waals surface area contributed by atoms with E-state index in [4.69, 9.17) is 19.2 Å². The largest absolute Gasteiger partial charge is 0.497 e. The zero-order valence-corrected chi connectivity index (χ0v) is 28.6. The predicted molar refractivity (Wildman–Crippen MR) is 186 cm³/mol. The Morgan fingerprint density at radius 3 is 2.40 bits per heavy atom. The highest BCUT2D eigenvalue weighted by Crippen LogP contribution is 2.42. The van der Waals surface area contributed by atoms with Crippen LogP contribution in [0.3, 0.4) is 0 Å². The van der Waals surface area contributed by atoms with E-state index in [9.17, 15) is 14.4 Å². The second-order valence-corrected chi connectivity index (χ2v) is 14.4. The van der Waals surface area contributed by atoms with Crippen LogP contribution in [0.4, 0.5) is 0 Å². The number of likely N-dealkylation sites (tertiary alicyclic amines) is 1. The molecule has 1 amide bonds. The van der Waals surface area contributed by atoms with Crippen LogP contribution in [0.15, 0.2) is 59.4 Å². The molecule has 2 aromatic heterocycles. The van der Waals surface area contributed by atoms with Crippen LogP contribution in [-0.2, 0) is 11.4 Å². The van der Waals surface area contributed by atoms with Crippen LogP contribution >= 0.6 is 0 Å². The maximum Gasteiger partial charge on any atom is 0.260 e. The average molecular weight is 652 g/mol. The molecule has 1 unspecified atom stereocenters. The summed E-state index contributed by atoms with van der Waals surface area (Å²) >= 11 is 0. The zero-order chi connectivity index (χ0) is 34.0. The molecule has 6 rings (SSSR count). The summed E-state index contributed by atoms with van der Waals surface area (Å²) < 4.78 is 18.2. The Kier molecular flexibility index (Phi) is 9.58. The third kappa shape index (κ3) is 7.72. The fourth-order valence-corrected chi connectivity index (χ4v) is 6.34. The van der Waals surface area contributed by atoms with Crippen molar-refractivity contribution in [1.29, 1.82) is 0 Å². The molecule has 1 atom stereocenters. The van der Waals surface area contributed by atoms with E-state index in [1.165, 1.54) is 6.92 Å². The molecular weight excluding hydrogens is 606 g/mol. The molecule has 1 aliphatic carbocycles. The van der Waals surface area contributed by atoms with Gasteiger partial charge in [0.15, 0.2) is 5.78 Å². The maximum absolute atomic E-state index is 13.4. The number of hydrogen-bond donors (Lipinski definition) is 1. The first kappa shape index (κ1) is 33.2. The summed E-state index contributed by atoms with van der Waals surface area (Å²) in [6.45, 7) is 9.78. The number of amides is 1. The summed E-state index contributed by atoms with van der Waals surface area (Å²) in [5.41, 5.74) is 3.07. The third-order valence-electron chi connectivity index (χ3n) is 9.10. The molecule has 0 radical (unpaired) electrons. The maximum atomic E-state index is 13.4. The number of carbonyl (C=O) groups is 2. The molecule has 4 aromatic rings. The van der Waals surface area contributed by atoms with Crippen molar-refractivity contribution in [1.82, 2.24) is 14.9 Å². The van der Waals surface area contributed by atoms with Crippen LogP contribution < -0.4 is 19.8 Å². The first-order valence-electron chi connectivity index (χ1n) is 16.9. The van der Waals surface area contributed by atoms with Crippen molar-refractivity contribution in [3.05, 3.63) is 81.6 Å². The lowest BCUT2D eigenvalue weighted by molar-refractivity contribution is -0.134. The Hall–Kier alpha value is -4.66. The number of rotatable bonds is 11. The second-order valence-electron chi connectivity index (χ2n) is 14.4. The van der Waals surface area contributed by atoms with Crippen LogP contribution in [0.5, 0.6) is 17.2 Å². The molecular formula is C39H45N3O6. The first-order chi connectivity index (χ1) is 23.0. The number of nitrogens with one attached hydrogen (secondary N) is 1. The fourth-order valence-electron chi connectivity index (χ4n) is 6.34. The Morgan fingerprint density at radius 1 is 1.00 bits per heavy atom. The van der Waals surface area contributed by atoms with Crippen molar-refractivity contribution >= 4 is 22.7 Å². The van der Waals surface area contributed by atoms with Gasteiger partial charge in [-0.2, -0.15) is 0 Å². The Bertz CT molecular complexity index is 1870. The van der Waals surface area contributed by atoms with Gasteiger partial charge in [0.1, 0.15) is 29.5 Å². The van der Waals surface area contributed by atoms with E-state index in [2.05, 4.69) is 25.8 Å². The summed E-state index contributed by atoms with van der Waals surface area (Å²) in [6.07, 6.45) is 4.46. The van der Waals surface area contributed by atoms with Crippen LogP contribution in [0.2, 0.25) is 0 Å². The van der Waals surface area contributed by atoms with E-state index in [0.29, 0.717) is 72.4 Å². The minimum Gasteiger partial charge on any atom is -0.497 e. The number of benzene rings is 2. The van der Waals surface area contributed by atoms with Crippen molar-refractivity contribution in [3.8, 4) is 28.5 Å². The monoisotopic (exact) mass is 651 g/mol. The number of aromatic amines is 1. The smallest absolute Gasteiger partial charge is 0.260 e. The SMILES string of the molecule is COc1ccc(COc2cccc(OCC3CC3)c2-c2cc(C3CCCN(C(=O)CC(C)(C)C)C3)c3cc(C(C)=O)c(=O)[nH]c3n2)cc1. The number of aromatic nitrogens is 2. The summed E-state index contributed by atoms with van der Waals surface area (Å²) in [7, 11) is 1.64. The number of Topliss-reactive ketones (excluding diaryl/α,β-unsaturated/α-hetero) is 1. The molecule has 3 heterocycles. The molecule has 1 aliphatic heterocycles. The van der Waals surface area contributed by atoms with Gasteiger partial charge in [0.2, 0.25) is 5.91 Å². The molecule has 2 aliphatic rings. The molecule has 2 aromatic carbocycles. The van der Waals surface area contributed by atoms with E-state index in [1.807, 2.05) is 53.4 Å². The number of ketones is 1. The predicted octanol–water partition coefficient (Wildman–Crippen LogP) is 7.31. The van der Waals surface area contributed by atoms with Gasteiger partial charge in [0.25, 0.3) is 5.56 Å². The molecule has 252 valence electrons. The van der Waals surface area contributed by atoms with Gasteiger partial charge in [-0.15, -0.1) is 0 Å². The molecule has 1 saturated carbocycles. The minimum absolute atomic E-state index is 0.0270. The lowest BCUT2D eigenvalue weighted by atomic mass is 9.86. The van der Waals surface area contributed by atoms with E-state index < -0.39 is 5.56 Å². The van der Waals surface area contributed by atoms with E-state index in [0.717, 1.165) is 42.6 Å². The summed E-state index contributed by atoms with van der Waals surface area (Å²) in [4.78, 5) is 48.8. The van der Waals surface area contributed by atoms with Gasteiger partial charge >= 0.3 is 0 Å². The highest BCUT2D eigenvalue weighted by atomic mass is 16.5. The van der Waals surface area contributed by atoms with Crippen molar-refractivity contribution in [2.75, 3.05) is 26.8 Å². The third-order valence-corrected chi connectivity index (χ3v) is 9.10. The van der Waals surface area contributed by atoms with Crippen LogP contribution in [0.1, 0.15) is 87.2 Å². The van der Waals surface area contributed by atoms with E-state index in [-0.39, 0.29) is 28.6 Å². The summed E-state index contributed by atoms with van der Waals surface area (Å²) in [5, 5.41) is 0.704. The first-order valence-corrected chi connectivity index (χ1v) is 16.9. The number of carbonyl (C=O) groups excluding carboxylic acids is 2. The number of H-pyrrole nitrogens is 1. The molecule has 0 bridgehead atoms. The number of nitrogens with zero attached hydrogens (tertiary/aromatic N) is 2. The summed E-state index contributed by atoms with van der Waals surface area (Å²) in [6, 6.07) is 17.2. The number of pyridine rings is 2. The molecule has 1 saturated heterocycles. The van der Waals surface area contributed by atoms with Crippen LogP contribution in [0, 0.1) is 11.3 Å². The Balaban J connectivity index is 1.45. The normalized spacial score (nSPS) is 16.5. The topological polar surface area (TPSA) is 111 Å². The quantitative estimate of drug-likeness (QED) is 0.169. The Morgan fingerprint density at radius 2 is 1.73 bits per heavy atom. The van der Waals surface area contributed by atoms with E-state index >= 15 is 0 Å². The van der Waals surface area contributed by atoms with Crippen molar-refractivity contribution in [2.45, 2.75) is 72.3 Å². The van der Waals surface area contributed by atoms with Gasteiger partial charge in [0.05, 0.1) is 30.5 Å². The number of piperidine rings is 1. The molecule has 9 nitrogen and oxygen atoms in total. The second kappa shape index (κ2) is 13.8. The van der Waals surface area contributed by atoms with Crippen molar-refractivity contribution in [2.24, 2.45) is 11.3 Å². The highest BCUT2D eigenvalue weighted by Gasteiger charge is 2.30. The van der Waals surface area contributed by atoms with Gasteiger partial charge in [-0.25, -0.2) is 4.98 Å². The number of fused-ring (bicyclic) bond motifs is 1.